The van der Waals surface area contributed by atoms with Gasteiger partial charge in [0, 0.05) is 43.2 Å². The summed E-state index contributed by atoms with van der Waals surface area (Å²) in [5, 5.41) is 2.05. The van der Waals surface area contributed by atoms with Gasteiger partial charge in [-0.2, -0.15) is 0 Å². The van der Waals surface area contributed by atoms with Crippen LogP contribution in [0, 0.1) is 0 Å². The van der Waals surface area contributed by atoms with E-state index in [2.05, 4.69) is 21.8 Å². The SMILES string of the molecule is CC1CN=C(N2CCN(C(=O)c3ccnc(Cl)c3)CC2)S1. The number of hydrogen-bond donors (Lipinski definition) is 0. The van der Waals surface area contributed by atoms with E-state index in [0.717, 1.165) is 24.8 Å². The third kappa shape index (κ3) is 3.32. The van der Waals surface area contributed by atoms with Crippen molar-refractivity contribution in [2.24, 2.45) is 4.99 Å². The molecule has 0 spiro atoms. The average Bonchev–Trinajstić information content (AvgIpc) is 2.93. The van der Waals surface area contributed by atoms with Gasteiger partial charge in [-0.05, 0) is 12.1 Å². The molecule has 21 heavy (non-hydrogen) atoms. The second-order valence-corrected chi connectivity index (χ2v) is 6.99. The molecular weight excluding hydrogens is 308 g/mol. The summed E-state index contributed by atoms with van der Waals surface area (Å²) < 4.78 is 0. The number of hydrogen-bond acceptors (Lipinski definition) is 5. The molecule has 2 aliphatic heterocycles. The molecule has 1 atom stereocenters. The summed E-state index contributed by atoms with van der Waals surface area (Å²) in [7, 11) is 0. The number of amides is 1. The molecule has 1 unspecified atom stereocenters. The highest BCUT2D eigenvalue weighted by molar-refractivity contribution is 8.14. The Balaban J connectivity index is 1.59. The first-order chi connectivity index (χ1) is 10.1. The van der Waals surface area contributed by atoms with Gasteiger partial charge in [0.05, 0.1) is 6.54 Å². The second-order valence-electron chi connectivity index (χ2n) is 5.20. The van der Waals surface area contributed by atoms with E-state index in [4.69, 9.17) is 11.6 Å². The van der Waals surface area contributed by atoms with Crippen LogP contribution in [0.25, 0.3) is 0 Å². The molecule has 0 N–H and O–H groups in total. The third-order valence-electron chi connectivity index (χ3n) is 3.60. The fraction of sp³-hybridized carbons (Fsp3) is 0.500. The molecule has 5 nitrogen and oxygen atoms in total. The molecule has 0 aromatic carbocycles. The van der Waals surface area contributed by atoms with Crippen LogP contribution in [0.15, 0.2) is 23.3 Å². The fourth-order valence-corrected chi connectivity index (χ4v) is 3.62. The van der Waals surface area contributed by atoms with Gasteiger partial charge in [0.1, 0.15) is 5.15 Å². The van der Waals surface area contributed by atoms with E-state index >= 15 is 0 Å². The smallest absolute Gasteiger partial charge is 0.254 e. The van der Waals surface area contributed by atoms with Gasteiger partial charge in [-0.3, -0.25) is 9.79 Å². The molecule has 0 bridgehead atoms. The predicted molar refractivity (Wildman–Crippen MR) is 86.1 cm³/mol. The molecule has 112 valence electrons. The van der Waals surface area contributed by atoms with Crippen LogP contribution in [-0.4, -0.2) is 63.8 Å². The van der Waals surface area contributed by atoms with E-state index in [0.29, 0.717) is 29.1 Å². The van der Waals surface area contributed by atoms with Crippen LogP contribution in [0.3, 0.4) is 0 Å². The van der Waals surface area contributed by atoms with E-state index in [1.165, 1.54) is 0 Å². The highest BCUT2D eigenvalue weighted by Crippen LogP contribution is 2.24. The van der Waals surface area contributed by atoms with Crippen LogP contribution < -0.4 is 0 Å². The Labute approximate surface area is 133 Å². The van der Waals surface area contributed by atoms with Crippen LogP contribution in [0.2, 0.25) is 5.15 Å². The Morgan fingerprint density at radius 2 is 2.14 bits per heavy atom. The van der Waals surface area contributed by atoms with Crippen molar-refractivity contribution in [1.29, 1.82) is 0 Å². The Morgan fingerprint density at radius 3 is 2.76 bits per heavy atom. The molecule has 7 heteroatoms. The van der Waals surface area contributed by atoms with Crippen LogP contribution in [0.5, 0.6) is 0 Å². The van der Waals surface area contributed by atoms with Gasteiger partial charge in [0.25, 0.3) is 5.91 Å². The number of halogens is 1. The summed E-state index contributed by atoms with van der Waals surface area (Å²) in [5.74, 6) is 0.0216. The maximum Gasteiger partial charge on any atom is 0.254 e. The quantitative estimate of drug-likeness (QED) is 0.741. The minimum absolute atomic E-state index is 0.0216. The first-order valence-electron chi connectivity index (χ1n) is 7.00. The lowest BCUT2D eigenvalue weighted by Crippen LogP contribution is -2.49. The van der Waals surface area contributed by atoms with E-state index < -0.39 is 0 Å². The number of nitrogens with zero attached hydrogens (tertiary/aromatic N) is 4. The highest BCUT2D eigenvalue weighted by Gasteiger charge is 2.27. The average molecular weight is 325 g/mol. The summed E-state index contributed by atoms with van der Waals surface area (Å²) in [4.78, 5) is 25.0. The minimum atomic E-state index is 0.0216. The summed E-state index contributed by atoms with van der Waals surface area (Å²) in [6.45, 7) is 6.19. The standard InChI is InChI=1S/C14H17ClN4OS/c1-10-9-17-14(21-10)19-6-4-18(5-7-19)13(20)11-2-3-16-12(15)8-11/h2-3,8,10H,4-7,9H2,1H3. The lowest BCUT2D eigenvalue weighted by Gasteiger charge is -2.35. The summed E-state index contributed by atoms with van der Waals surface area (Å²) in [6.07, 6.45) is 1.57. The molecule has 1 amide bonds. The van der Waals surface area contributed by atoms with Gasteiger partial charge < -0.3 is 9.80 Å². The lowest BCUT2D eigenvalue weighted by atomic mass is 10.2. The van der Waals surface area contributed by atoms with E-state index in [9.17, 15) is 4.79 Å². The maximum absolute atomic E-state index is 12.4. The number of pyridine rings is 1. The van der Waals surface area contributed by atoms with Gasteiger partial charge in [0.15, 0.2) is 5.17 Å². The van der Waals surface area contributed by atoms with Gasteiger partial charge in [0.2, 0.25) is 0 Å². The largest absolute Gasteiger partial charge is 0.348 e. The number of carbonyl (C=O) groups is 1. The number of carbonyl (C=O) groups excluding carboxylic acids is 1. The van der Waals surface area contributed by atoms with Crippen molar-refractivity contribution in [2.75, 3.05) is 32.7 Å². The summed E-state index contributed by atoms with van der Waals surface area (Å²) in [6, 6.07) is 3.33. The van der Waals surface area contributed by atoms with Gasteiger partial charge in [-0.1, -0.05) is 30.3 Å². The number of rotatable bonds is 1. The van der Waals surface area contributed by atoms with Crippen molar-refractivity contribution in [2.45, 2.75) is 12.2 Å². The number of thioether (sulfide) groups is 1. The topological polar surface area (TPSA) is 48.8 Å². The van der Waals surface area contributed by atoms with Crippen LogP contribution in [0.1, 0.15) is 17.3 Å². The van der Waals surface area contributed by atoms with Crippen LogP contribution in [0.4, 0.5) is 0 Å². The Kier molecular flexibility index (Phi) is 4.35. The maximum atomic E-state index is 12.4. The monoisotopic (exact) mass is 324 g/mol. The van der Waals surface area contributed by atoms with Crippen molar-refractivity contribution in [3.8, 4) is 0 Å². The van der Waals surface area contributed by atoms with Crippen LogP contribution >= 0.6 is 23.4 Å². The molecule has 1 aromatic heterocycles. The zero-order chi connectivity index (χ0) is 14.8. The molecule has 0 aliphatic carbocycles. The molecule has 1 saturated heterocycles. The first kappa shape index (κ1) is 14.7. The lowest BCUT2D eigenvalue weighted by molar-refractivity contribution is 0.0693. The second kappa shape index (κ2) is 6.23. The van der Waals surface area contributed by atoms with Crippen molar-refractivity contribution in [3.05, 3.63) is 29.0 Å². The van der Waals surface area contributed by atoms with Gasteiger partial charge >= 0.3 is 0 Å². The van der Waals surface area contributed by atoms with Crippen molar-refractivity contribution in [1.82, 2.24) is 14.8 Å². The molecular formula is C14H17ClN4OS. The van der Waals surface area contributed by atoms with Crippen molar-refractivity contribution in [3.63, 3.8) is 0 Å². The fourth-order valence-electron chi connectivity index (χ4n) is 2.45. The Morgan fingerprint density at radius 1 is 1.38 bits per heavy atom. The number of amidine groups is 1. The molecule has 1 fully saturated rings. The predicted octanol–water partition coefficient (Wildman–Crippen LogP) is 1.98. The highest BCUT2D eigenvalue weighted by atomic mass is 35.5. The Hall–Kier alpha value is -1.27. The molecule has 1 aromatic rings. The summed E-state index contributed by atoms with van der Waals surface area (Å²) in [5.41, 5.74) is 0.602. The minimum Gasteiger partial charge on any atom is -0.348 e. The Bertz CT molecular complexity index is 572. The van der Waals surface area contributed by atoms with Gasteiger partial charge in [-0.15, -0.1) is 0 Å². The molecule has 2 aliphatic rings. The van der Waals surface area contributed by atoms with Crippen molar-refractivity contribution >= 4 is 34.4 Å². The van der Waals surface area contributed by atoms with E-state index in [-0.39, 0.29) is 5.91 Å². The number of aromatic nitrogens is 1. The molecule has 3 rings (SSSR count). The normalized spacial score (nSPS) is 22.4. The zero-order valence-corrected chi connectivity index (χ0v) is 13.4. The van der Waals surface area contributed by atoms with E-state index in [1.807, 2.05) is 16.7 Å². The summed E-state index contributed by atoms with van der Waals surface area (Å²) >= 11 is 7.67. The number of aliphatic imine (C=N–C) groups is 1. The van der Waals surface area contributed by atoms with Gasteiger partial charge in [-0.25, -0.2) is 4.98 Å². The number of piperazine rings is 1. The zero-order valence-electron chi connectivity index (χ0n) is 11.8. The third-order valence-corrected chi connectivity index (χ3v) is 4.96. The van der Waals surface area contributed by atoms with Crippen LogP contribution in [-0.2, 0) is 0 Å². The van der Waals surface area contributed by atoms with E-state index in [1.54, 1.807) is 18.3 Å². The molecule has 3 heterocycles. The molecule has 0 saturated carbocycles. The first-order valence-corrected chi connectivity index (χ1v) is 8.26. The molecule has 0 radical (unpaired) electrons. The van der Waals surface area contributed by atoms with Crippen molar-refractivity contribution < 1.29 is 4.79 Å².